The third-order valence-corrected chi connectivity index (χ3v) is 5.07. The van der Waals surface area contributed by atoms with E-state index in [0.29, 0.717) is 13.1 Å². The maximum absolute atomic E-state index is 12.3. The molecule has 1 aromatic heterocycles. The summed E-state index contributed by atoms with van der Waals surface area (Å²) in [6, 6.07) is 0.233. The maximum atomic E-state index is 12.3. The van der Waals surface area contributed by atoms with Crippen LogP contribution in [0.3, 0.4) is 0 Å². The number of rotatable bonds is 4. The van der Waals surface area contributed by atoms with E-state index in [4.69, 9.17) is 0 Å². The van der Waals surface area contributed by atoms with Crippen LogP contribution in [0.25, 0.3) is 0 Å². The molecule has 1 aliphatic carbocycles. The van der Waals surface area contributed by atoms with Gasteiger partial charge < -0.3 is 19.6 Å². The normalized spacial score (nSPS) is 25.1. The molecule has 1 aliphatic heterocycles. The van der Waals surface area contributed by atoms with Crippen LogP contribution in [0.4, 0.5) is 0 Å². The second kappa shape index (κ2) is 7.31. The van der Waals surface area contributed by atoms with Gasteiger partial charge in [-0.3, -0.25) is 19.3 Å². The summed E-state index contributed by atoms with van der Waals surface area (Å²) in [5, 5.41) is 9.99. The van der Waals surface area contributed by atoms with Crippen molar-refractivity contribution >= 4 is 5.91 Å². The fourth-order valence-corrected chi connectivity index (χ4v) is 3.66. The van der Waals surface area contributed by atoms with Crippen molar-refractivity contribution in [3.05, 3.63) is 33.1 Å². The number of piperazine rings is 1. The average molecular weight is 336 g/mol. The van der Waals surface area contributed by atoms with Crippen LogP contribution in [0.15, 0.2) is 22.0 Å². The van der Waals surface area contributed by atoms with E-state index in [1.54, 1.807) is 4.90 Å². The number of H-pyrrole nitrogens is 1. The smallest absolute Gasteiger partial charge is 0.316 e. The SMILES string of the molecule is O=C(CCn1cc[nH]c(=O)c1=O)N1CCN([C@@H]2CCC[C@@H]2O)CC1. The van der Waals surface area contributed by atoms with E-state index < -0.39 is 11.1 Å². The van der Waals surface area contributed by atoms with Crippen molar-refractivity contribution < 1.29 is 9.90 Å². The average Bonchev–Trinajstić information content (AvgIpc) is 3.02. The van der Waals surface area contributed by atoms with Crippen molar-refractivity contribution in [2.75, 3.05) is 26.2 Å². The highest BCUT2D eigenvalue weighted by molar-refractivity contribution is 5.76. The standard InChI is InChI=1S/C16H24N4O4/c21-13-3-1-2-12(13)18-8-10-19(11-9-18)14(22)4-6-20-7-5-17-15(23)16(20)24/h5,7,12-13,21H,1-4,6,8-11H2,(H,17,23)/t12-,13+/m1/s1. The molecule has 2 heterocycles. The first-order valence-corrected chi connectivity index (χ1v) is 8.54. The lowest BCUT2D eigenvalue weighted by Crippen LogP contribution is -2.53. The number of nitrogens with one attached hydrogen (secondary N) is 1. The summed E-state index contributed by atoms with van der Waals surface area (Å²) in [7, 11) is 0. The Bertz CT molecular complexity index is 690. The van der Waals surface area contributed by atoms with E-state index in [1.807, 2.05) is 0 Å². The Labute approximate surface area is 139 Å². The van der Waals surface area contributed by atoms with Gasteiger partial charge in [-0.05, 0) is 19.3 Å². The van der Waals surface area contributed by atoms with E-state index in [0.717, 1.165) is 32.4 Å². The van der Waals surface area contributed by atoms with Crippen molar-refractivity contribution in [2.24, 2.45) is 0 Å². The van der Waals surface area contributed by atoms with Gasteiger partial charge >= 0.3 is 11.1 Å². The van der Waals surface area contributed by atoms with Gasteiger partial charge in [-0.1, -0.05) is 0 Å². The van der Waals surface area contributed by atoms with Gasteiger partial charge in [0.15, 0.2) is 0 Å². The molecule has 2 aliphatic rings. The number of aryl methyl sites for hydroxylation is 1. The van der Waals surface area contributed by atoms with Crippen LogP contribution in [-0.2, 0) is 11.3 Å². The summed E-state index contributed by atoms with van der Waals surface area (Å²) in [5.74, 6) is -0.00574. The highest BCUT2D eigenvalue weighted by Crippen LogP contribution is 2.25. The van der Waals surface area contributed by atoms with E-state index in [1.165, 1.54) is 17.0 Å². The van der Waals surface area contributed by atoms with Crippen LogP contribution >= 0.6 is 0 Å². The van der Waals surface area contributed by atoms with Crippen molar-refractivity contribution in [3.8, 4) is 0 Å². The van der Waals surface area contributed by atoms with Gasteiger partial charge in [-0.2, -0.15) is 0 Å². The van der Waals surface area contributed by atoms with Gasteiger partial charge in [0.05, 0.1) is 6.10 Å². The minimum atomic E-state index is -0.673. The zero-order valence-corrected chi connectivity index (χ0v) is 13.7. The Morgan fingerprint density at radius 3 is 2.62 bits per heavy atom. The molecule has 8 heteroatoms. The Kier molecular flexibility index (Phi) is 5.15. The van der Waals surface area contributed by atoms with E-state index in [-0.39, 0.29) is 31.0 Å². The van der Waals surface area contributed by atoms with Gasteiger partial charge in [0.1, 0.15) is 0 Å². The number of nitrogens with zero attached hydrogens (tertiary/aromatic N) is 3. The van der Waals surface area contributed by atoms with E-state index >= 15 is 0 Å². The molecule has 1 saturated carbocycles. The number of hydrogen-bond donors (Lipinski definition) is 2. The number of hydrogen-bond acceptors (Lipinski definition) is 5. The molecule has 0 aromatic carbocycles. The molecule has 24 heavy (non-hydrogen) atoms. The minimum absolute atomic E-state index is 0.00574. The fourth-order valence-electron chi connectivity index (χ4n) is 3.66. The molecule has 1 amide bonds. The number of carbonyl (C=O) groups excluding carboxylic acids is 1. The fraction of sp³-hybridized carbons (Fsp3) is 0.688. The van der Waals surface area contributed by atoms with Crippen LogP contribution in [-0.4, -0.2) is 68.7 Å². The molecule has 2 N–H and O–H groups in total. The molecule has 2 fully saturated rings. The molecular weight excluding hydrogens is 312 g/mol. The number of aromatic amines is 1. The van der Waals surface area contributed by atoms with Crippen molar-refractivity contribution in [1.29, 1.82) is 0 Å². The van der Waals surface area contributed by atoms with Crippen molar-refractivity contribution in [3.63, 3.8) is 0 Å². The summed E-state index contributed by atoms with van der Waals surface area (Å²) < 4.78 is 1.27. The highest BCUT2D eigenvalue weighted by Gasteiger charge is 2.33. The number of amides is 1. The summed E-state index contributed by atoms with van der Waals surface area (Å²) in [5.41, 5.74) is -1.31. The third-order valence-electron chi connectivity index (χ3n) is 5.07. The predicted octanol–water partition coefficient (Wildman–Crippen LogP) is -1.02. The first kappa shape index (κ1) is 16.9. The second-order valence-corrected chi connectivity index (χ2v) is 6.52. The third kappa shape index (κ3) is 3.59. The van der Waals surface area contributed by atoms with Crippen LogP contribution in [0.2, 0.25) is 0 Å². The molecule has 132 valence electrons. The topological polar surface area (TPSA) is 98.6 Å². The molecule has 1 saturated heterocycles. The summed E-state index contributed by atoms with van der Waals surface area (Å²) in [6.07, 6.45) is 5.81. The first-order valence-electron chi connectivity index (χ1n) is 8.54. The summed E-state index contributed by atoms with van der Waals surface area (Å²) >= 11 is 0. The van der Waals surface area contributed by atoms with Crippen molar-refractivity contribution in [2.45, 2.75) is 44.4 Å². The van der Waals surface area contributed by atoms with Crippen LogP contribution in [0, 0.1) is 0 Å². The molecule has 0 spiro atoms. The molecule has 3 rings (SSSR count). The monoisotopic (exact) mass is 336 g/mol. The largest absolute Gasteiger partial charge is 0.391 e. The lowest BCUT2D eigenvalue weighted by Gasteiger charge is -2.39. The van der Waals surface area contributed by atoms with Crippen LogP contribution in [0.5, 0.6) is 0 Å². The highest BCUT2D eigenvalue weighted by atomic mass is 16.3. The lowest BCUT2D eigenvalue weighted by atomic mass is 10.1. The quantitative estimate of drug-likeness (QED) is 0.686. The molecule has 2 atom stereocenters. The first-order chi connectivity index (χ1) is 11.6. The lowest BCUT2D eigenvalue weighted by molar-refractivity contribution is -0.133. The number of aliphatic hydroxyl groups excluding tert-OH is 1. The van der Waals surface area contributed by atoms with Crippen LogP contribution < -0.4 is 11.1 Å². The zero-order valence-electron chi connectivity index (χ0n) is 13.7. The van der Waals surface area contributed by atoms with Crippen LogP contribution in [0.1, 0.15) is 25.7 Å². The maximum Gasteiger partial charge on any atom is 0.316 e. The molecular formula is C16H24N4O4. The Morgan fingerprint density at radius 1 is 1.21 bits per heavy atom. The van der Waals surface area contributed by atoms with E-state index in [9.17, 15) is 19.5 Å². The minimum Gasteiger partial charge on any atom is -0.391 e. The van der Waals surface area contributed by atoms with Crippen molar-refractivity contribution in [1.82, 2.24) is 19.4 Å². The summed E-state index contributed by atoms with van der Waals surface area (Å²) in [6.45, 7) is 3.05. The van der Waals surface area contributed by atoms with Gasteiger partial charge in [-0.25, -0.2) is 0 Å². The molecule has 8 nitrogen and oxygen atoms in total. The molecule has 0 radical (unpaired) electrons. The zero-order chi connectivity index (χ0) is 17.1. The molecule has 0 unspecified atom stereocenters. The Hall–Kier alpha value is -1.93. The van der Waals surface area contributed by atoms with E-state index in [2.05, 4.69) is 9.88 Å². The molecule has 1 aromatic rings. The van der Waals surface area contributed by atoms with Gasteiger partial charge in [-0.15, -0.1) is 0 Å². The number of aliphatic hydroxyl groups is 1. The van der Waals surface area contributed by atoms with Gasteiger partial charge in [0.2, 0.25) is 5.91 Å². The van der Waals surface area contributed by atoms with Gasteiger partial charge in [0.25, 0.3) is 0 Å². The predicted molar refractivity (Wildman–Crippen MR) is 87.7 cm³/mol. The Morgan fingerprint density at radius 2 is 1.96 bits per heavy atom. The number of carbonyl (C=O) groups is 1. The number of aromatic nitrogens is 2. The molecule has 0 bridgehead atoms. The van der Waals surface area contributed by atoms with Gasteiger partial charge in [0, 0.05) is 57.6 Å². The summed E-state index contributed by atoms with van der Waals surface area (Å²) in [4.78, 5) is 41.6. The second-order valence-electron chi connectivity index (χ2n) is 6.52. The Balaban J connectivity index is 1.49.